The second-order valence-corrected chi connectivity index (χ2v) is 4.18. The molecule has 0 spiro atoms. The number of aryl methyl sites for hydroxylation is 1. The van der Waals surface area contributed by atoms with Crippen molar-refractivity contribution in [1.82, 2.24) is 4.98 Å². The molecular formula is C11H11BrN2O. The first-order valence-corrected chi connectivity index (χ1v) is 5.32. The van der Waals surface area contributed by atoms with Gasteiger partial charge in [-0.05, 0) is 25.1 Å². The minimum atomic E-state index is 0.711. The van der Waals surface area contributed by atoms with Crippen LogP contribution in [0.4, 0.5) is 5.69 Å². The SMILES string of the molecule is COc1ccc(Br)c2c(N)cc(C)nc12. The van der Waals surface area contributed by atoms with E-state index in [1.165, 1.54) is 0 Å². The largest absolute Gasteiger partial charge is 0.494 e. The number of halogens is 1. The molecule has 0 bridgehead atoms. The number of hydrogen-bond acceptors (Lipinski definition) is 3. The molecule has 2 N–H and O–H groups in total. The second kappa shape index (κ2) is 3.70. The van der Waals surface area contributed by atoms with E-state index in [0.717, 1.165) is 26.8 Å². The van der Waals surface area contributed by atoms with Gasteiger partial charge < -0.3 is 10.5 Å². The van der Waals surface area contributed by atoms with E-state index in [1.807, 2.05) is 25.1 Å². The predicted molar refractivity (Wildman–Crippen MR) is 65.1 cm³/mol. The Hall–Kier alpha value is -1.29. The summed E-state index contributed by atoms with van der Waals surface area (Å²) in [5.74, 6) is 0.739. The van der Waals surface area contributed by atoms with Crippen LogP contribution in [0.1, 0.15) is 5.69 Å². The summed E-state index contributed by atoms with van der Waals surface area (Å²) in [7, 11) is 1.63. The lowest BCUT2D eigenvalue weighted by molar-refractivity contribution is 0.419. The number of nitrogens with two attached hydrogens (primary N) is 1. The topological polar surface area (TPSA) is 48.1 Å². The van der Waals surface area contributed by atoms with Gasteiger partial charge in [0, 0.05) is 21.2 Å². The Bertz CT molecular complexity index is 525. The van der Waals surface area contributed by atoms with Crippen LogP contribution in [0.25, 0.3) is 10.9 Å². The Labute approximate surface area is 96.4 Å². The summed E-state index contributed by atoms with van der Waals surface area (Å²) in [4.78, 5) is 4.43. The minimum Gasteiger partial charge on any atom is -0.494 e. The average Bonchev–Trinajstić information content (AvgIpc) is 2.17. The summed E-state index contributed by atoms with van der Waals surface area (Å²) in [5, 5.41) is 0.903. The molecule has 0 saturated carbocycles. The molecule has 78 valence electrons. The van der Waals surface area contributed by atoms with E-state index in [2.05, 4.69) is 20.9 Å². The van der Waals surface area contributed by atoms with E-state index in [-0.39, 0.29) is 0 Å². The lowest BCUT2D eigenvalue weighted by atomic mass is 10.1. The monoisotopic (exact) mass is 266 g/mol. The molecule has 0 aliphatic rings. The van der Waals surface area contributed by atoms with E-state index in [4.69, 9.17) is 10.5 Å². The summed E-state index contributed by atoms with van der Waals surface area (Å²) >= 11 is 3.46. The number of nitrogens with zero attached hydrogens (tertiary/aromatic N) is 1. The number of methoxy groups -OCH3 is 1. The molecule has 4 heteroatoms. The molecular weight excluding hydrogens is 256 g/mol. The van der Waals surface area contributed by atoms with Crippen LogP contribution >= 0.6 is 15.9 Å². The van der Waals surface area contributed by atoms with E-state index >= 15 is 0 Å². The molecule has 15 heavy (non-hydrogen) atoms. The van der Waals surface area contributed by atoms with Crippen LogP contribution in [-0.2, 0) is 0 Å². The van der Waals surface area contributed by atoms with Crippen LogP contribution in [0.5, 0.6) is 5.75 Å². The highest BCUT2D eigenvalue weighted by Gasteiger charge is 2.09. The van der Waals surface area contributed by atoms with E-state index in [9.17, 15) is 0 Å². The third kappa shape index (κ3) is 1.65. The molecule has 1 aromatic heterocycles. The highest BCUT2D eigenvalue weighted by atomic mass is 79.9. The number of benzene rings is 1. The first kappa shape index (κ1) is 10.2. The molecule has 3 nitrogen and oxygen atoms in total. The number of aromatic nitrogens is 1. The van der Waals surface area contributed by atoms with Gasteiger partial charge in [-0.3, -0.25) is 0 Å². The quantitative estimate of drug-likeness (QED) is 0.864. The summed E-state index contributed by atoms with van der Waals surface area (Å²) in [6.45, 7) is 1.91. The van der Waals surface area contributed by atoms with Gasteiger partial charge >= 0.3 is 0 Å². The molecule has 1 heterocycles. The third-order valence-corrected chi connectivity index (χ3v) is 2.91. The fourth-order valence-corrected chi connectivity index (χ4v) is 2.15. The summed E-state index contributed by atoms with van der Waals surface area (Å²) in [6.07, 6.45) is 0. The smallest absolute Gasteiger partial charge is 0.145 e. The second-order valence-electron chi connectivity index (χ2n) is 3.33. The van der Waals surface area contributed by atoms with Gasteiger partial charge in [0.2, 0.25) is 0 Å². The van der Waals surface area contributed by atoms with Crippen molar-refractivity contribution >= 4 is 32.5 Å². The Kier molecular flexibility index (Phi) is 2.52. The van der Waals surface area contributed by atoms with Crippen molar-refractivity contribution in [3.05, 3.63) is 28.4 Å². The zero-order valence-electron chi connectivity index (χ0n) is 8.54. The lowest BCUT2D eigenvalue weighted by Crippen LogP contribution is -1.95. The highest BCUT2D eigenvalue weighted by Crippen LogP contribution is 2.34. The standard InChI is InChI=1S/C11H11BrN2O/c1-6-5-8(13)10-7(12)3-4-9(15-2)11(10)14-6/h3-5H,1-2H3,(H2,13,14). The lowest BCUT2D eigenvalue weighted by Gasteiger charge is -2.09. The number of anilines is 1. The van der Waals surface area contributed by atoms with Gasteiger partial charge in [0.15, 0.2) is 0 Å². The molecule has 0 fully saturated rings. The third-order valence-electron chi connectivity index (χ3n) is 2.25. The Morgan fingerprint density at radius 1 is 1.40 bits per heavy atom. The van der Waals surface area contributed by atoms with E-state index < -0.39 is 0 Å². The van der Waals surface area contributed by atoms with Crippen molar-refractivity contribution in [2.75, 3.05) is 12.8 Å². The van der Waals surface area contributed by atoms with Crippen LogP contribution in [-0.4, -0.2) is 12.1 Å². The maximum atomic E-state index is 5.96. The molecule has 0 unspecified atom stereocenters. The Balaban J connectivity index is 2.93. The van der Waals surface area contributed by atoms with Gasteiger partial charge in [-0.2, -0.15) is 0 Å². The number of pyridine rings is 1. The fraction of sp³-hybridized carbons (Fsp3) is 0.182. The minimum absolute atomic E-state index is 0.711. The van der Waals surface area contributed by atoms with Crippen LogP contribution in [0.15, 0.2) is 22.7 Å². The Morgan fingerprint density at radius 3 is 2.80 bits per heavy atom. The van der Waals surface area contributed by atoms with Crippen molar-refractivity contribution < 1.29 is 4.74 Å². The molecule has 0 amide bonds. The average molecular weight is 267 g/mol. The molecule has 0 radical (unpaired) electrons. The van der Waals surface area contributed by atoms with Crippen LogP contribution < -0.4 is 10.5 Å². The molecule has 2 aromatic rings. The molecule has 0 atom stereocenters. The molecule has 0 saturated heterocycles. The van der Waals surface area contributed by atoms with Gasteiger partial charge in [0.05, 0.1) is 7.11 Å². The van der Waals surface area contributed by atoms with Crippen molar-refractivity contribution in [2.24, 2.45) is 0 Å². The summed E-state index contributed by atoms with van der Waals surface area (Å²) in [5.41, 5.74) is 8.35. The van der Waals surface area contributed by atoms with Crippen LogP contribution in [0, 0.1) is 6.92 Å². The van der Waals surface area contributed by atoms with Gasteiger partial charge in [-0.1, -0.05) is 15.9 Å². The number of fused-ring (bicyclic) bond motifs is 1. The molecule has 0 aliphatic carbocycles. The predicted octanol–water partition coefficient (Wildman–Crippen LogP) is 2.90. The van der Waals surface area contributed by atoms with Crippen molar-refractivity contribution in [1.29, 1.82) is 0 Å². The number of hydrogen-bond donors (Lipinski definition) is 1. The van der Waals surface area contributed by atoms with E-state index in [1.54, 1.807) is 7.11 Å². The molecule has 0 aliphatic heterocycles. The van der Waals surface area contributed by atoms with Crippen LogP contribution in [0.3, 0.4) is 0 Å². The number of nitrogen functional groups attached to an aromatic ring is 1. The summed E-state index contributed by atoms with van der Waals surface area (Å²) in [6, 6.07) is 5.64. The normalized spacial score (nSPS) is 10.6. The number of rotatable bonds is 1. The fourth-order valence-electron chi connectivity index (χ4n) is 1.60. The van der Waals surface area contributed by atoms with Crippen molar-refractivity contribution in [2.45, 2.75) is 6.92 Å². The van der Waals surface area contributed by atoms with Gasteiger partial charge in [-0.15, -0.1) is 0 Å². The highest BCUT2D eigenvalue weighted by molar-refractivity contribution is 9.10. The maximum absolute atomic E-state index is 5.96. The van der Waals surface area contributed by atoms with Crippen molar-refractivity contribution in [3.63, 3.8) is 0 Å². The zero-order chi connectivity index (χ0) is 11.0. The zero-order valence-corrected chi connectivity index (χ0v) is 10.1. The van der Waals surface area contributed by atoms with Gasteiger partial charge in [0.1, 0.15) is 11.3 Å². The van der Waals surface area contributed by atoms with Gasteiger partial charge in [0.25, 0.3) is 0 Å². The maximum Gasteiger partial charge on any atom is 0.145 e. The van der Waals surface area contributed by atoms with E-state index in [0.29, 0.717) is 5.69 Å². The van der Waals surface area contributed by atoms with Gasteiger partial charge in [-0.25, -0.2) is 4.98 Å². The van der Waals surface area contributed by atoms with Crippen molar-refractivity contribution in [3.8, 4) is 5.75 Å². The Morgan fingerprint density at radius 2 is 2.13 bits per heavy atom. The first-order chi connectivity index (χ1) is 7.13. The van der Waals surface area contributed by atoms with Crippen LogP contribution in [0.2, 0.25) is 0 Å². The number of ether oxygens (including phenoxy) is 1. The first-order valence-electron chi connectivity index (χ1n) is 4.53. The molecule has 1 aromatic carbocycles. The summed E-state index contributed by atoms with van der Waals surface area (Å²) < 4.78 is 6.19. The molecule has 2 rings (SSSR count).